The smallest absolute Gasteiger partial charge is 0.221 e. The molecule has 3 nitrogen and oxygen atoms in total. The van der Waals surface area contributed by atoms with E-state index in [9.17, 15) is 9.18 Å². The third-order valence-electron chi connectivity index (χ3n) is 2.41. The Kier molecular flexibility index (Phi) is 9.57. The number of benzene rings is 1. The van der Waals surface area contributed by atoms with Crippen LogP contribution in [0.15, 0.2) is 18.2 Å². The second-order valence-corrected chi connectivity index (χ2v) is 4.43. The maximum Gasteiger partial charge on any atom is 0.221 e. The molecule has 0 saturated carbocycles. The van der Waals surface area contributed by atoms with Crippen LogP contribution in [0.25, 0.3) is 0 Å². The van der Waals surface area contributed by atoms with Crippen molar-refractivity contribution >= 4 is 29.9 Å². The topological polar surface area (TPSA) is 41.1 Å². The van der Waals surface area contributed by atoms with Crippen LogP contribution in [0.2, 0.25) is 5.02 Å². The zero-order valence-electron chi connectivity index (χ0n) is 10.8. The van der Waals surface area contributed by atoms with Crippen LogP contribution in [0.1, 0.15) is 25.3 Å². The molecule has 0 aliphatic rings. The largest absolute Gasteiger partial charge is 0.356 e. The minimum Gasteiger partial charge on any atom is -0.356 e. The number of rotatable bonds is 7. The number of carbonyl (C=O) groups is 1. The van der Waals surface area contributed by atoms with Crippen LogP contribution in [-0.4, -0.2) is 19.0 Å². The van der Waals surface area contributed by atoms with Crippen molar-refractivity contribution in [1.82, 2.24) is 10.6 Å². The van der Waals surface area contributed by atoms with Gasteiger partial charge in [-0.15, -0.1) is 12.4 Å². The average Bonchev–Trinajstić information content (AvgIpc) is 2.36. The van der Waals surface area contributed by atoms with Gasteiger partial charge in [-0.1, -0.05) is 24.6 Å². The fourth-order valence-electron chi connectivity index (χ4n) is 1.44. The summed E-state index contributed by atoms with van der Waals surface area (Å²) < 4.78 is 13.1. The van der Waals surface area contributed by atoms with Crippen LogP contribution in [0.4, 0.5) is 4.39 Å². The molecule has 6 heteroatoms. The van der Waals surface area contributed by atoms with Crippen molar-refractivity contribution in [3.8, 4) is 0 Å². The maximum absolute atomic E-state index is 13.1. The van der Waals surface area contributed by atoms with Gasteiger partial charge in [0, 0.05) is 26.1 Å². The zero-order valence-corrected chi connectivity index (χ0v) is 12.4. The molecule has 0 fully saturated rings. The van der Waals surface area contributed by atoms with Crippen molar-refractivity contribution in [3.05, 3.63) is 34.6 Å². The van der Waals surface area contributed by atoms with E-state index in [0.717, 1.165) is 12.0 Å². The highest BCUT2D eigenvalue weighted by atomic mass is 35.5. The average molecular weight is 309 g/mol. The molecule has 108 valence electrons. The summed E-state index contributed by atoms with van der Waals surface area (Å²) in [6.07, 6.45) is 1.36. The highest BCUT2D eigenvalue weighted by Gasteiger charge is 2.02. The number of halogens is 3. The third kappa shape index (κ3) is 7.35. The molecule has 1 rings (SSSR count). The molecule has 0 aromatic heterocycles. The molecule has 0 bridgehead atoms. The minimum atomic E-state index is -0.420. The van der Waals surface area contributed by atoms with E-state index >= 15 is 0 Å². The van der Waals surface area contributed by atoms with Gasteiger partial charge in [-0.25, -0.2) is 4.39 Å². The van der Waals surface area contributed by atoms with E-state index in [1.807, 2.05) is 6.92 Å². The lowest BCUT2D eigenvalue weighted by Crippen LogP contribution is -2.28. The normalized spacial score (nSPS) is 9.84. The Hall–Kier alpha value is -0.840. The fraction of sp³-hybridized carbons (Fsp3) is 0.462. The van der Waals surface area contributed by atoms with Crippen molar-refractivity contribution in [3.63, 3.8) is 0 Å². The molecule has 19 heavy (non-hydrogen) atoms. The summed E-state index contributed by atoms with van der Waals surface area (Å²) in [5, 5.41) is 6.00. The predicted molar refractivity (Wildman–Crippen MR) is 78.3 cm³/mol. The molecule has 1 amide bonds. The van der Waals surface area contributed by atoms with E-state index in [1.54, 1.807) is 6.07 Å². The Morgan fingerprint density at radius 2 is 2.11 bits per heavy atom. The predicted octanol–water partition coefficient (Wildman–Crippen LogP) is 2.91. The summed E-state index contributed by atoms with van der Waals surface area (Å²) in [4.78, 5) is 11.3. The summed E-state index contributed by atoms with van der Waals surface area (Å²) in [5.41, 5.74) is 0.811. The highest BCUT2D eigenvalue weighted by Crippen LogP contribution is 2.15. The SMILES string of the molecule is CCCNC(=O)CCNCc1ccc(Cl)c(F)c1.Cl. The van der Waals surface area contributed by atoms with E-state index in [1.165, 1.54) is 12.1 Å². The first-order chi connectivity index (χ1) is 8.63. The summed E-state index contributed by atoms with van der Waals surface area (Å²) in [7, 11) is 0. The molecule has 1 aromatic rings. The zero-order chi connectivity index (χ0) is 13.4. The number of hydrogen-bond acceptors (Lipinski definition) is 2. The monoisotopic (exact) mass is 308 g/mol. The molecule has 2 N–H and O–H groups in total. The van der Waals surface area contributed by atoms with Gasteiger partial charge < -0.3 is 10.6 Å². The molecule has 1 aromatic carbocycles. The van der Waals surface area contributed by atoms with Crippen molar-refractivity contribution in [1.29, 1.82) is 0 Å². The van der Waals surface area contributed by atoms with Crippen molar-refractivity contribution in [2.45, 2.75) is 26.3 Å². The molecule has 0 atom stereocenters. The van der Waals surface area contributed by atoms with Gasteiger partial charge in [-0.2, -0.15) is 0 Å². The van der Waals surface area contributed by atoms with Gasteiger partial charge in [0.05, 0.1) is 5.02 Å². The van der Waals surface area contributed by atoms with Gasteiger partial charge in [0.25, 0.3) is 0 Å². The second-order valence-electron chi connectivity index (χ2n) is 4.03. The van der Waals surface area contributed by atoms with E-state index in [2.05, 4.69) is 10.6 Å². The van der Waals surface area contributed by atoms with Crippen molar-refractivity contribution < 1.29 is 9.18 Å². The molecule has 0 aliphatic heterocycles. The van der Waals surface area contributed by atoms with E-state index in [0.29, 0.717) is 26.1 Å². The number of amides is 1. The third-order valence-corrected chi connectivity index (χ3v) is 2.72. The van der Waals surface area contributed by atoms with Crippen LogP contribution in [-0.2, 0) is 11.3 Å². The van der Waals surface area contributed by atoms with Gasteiger partial charge in [0.1, 0.15) is 5.82 Å². The first-order valence-corrected chi connectivity index (χ1v) is 6.42. The Morgan fingerprint density at radius 1 is 1.37 bits per heavy atom. The Morgan fingerprint density at radius 3 is 2.74 bits per heavy atom. The standard InChI is InChI=1S/C13H18ClFN2O.ClH/c1-2-6-17-13(18)5-7-16-9-10-3-4-11(14)12(15)8-10;/h3-4,8,16H,2,5-7,9H2,1H3,(H,17,18);1H. The van der Waals surface area contributed by atoms with Crippen LogP contribution in [0.3, 0.4) is 0 Å². The van der Waals surface area contributed by atoms with E-state index in [4.69, 9.17) is 11.6 Å². The van der Waals surface area contributed by atoms with Crippen molar-refractivity contribution in [2.75, 3.05) is 13.1 Å². The number of carbonyl (C=O) groups excluding carboxylic acids is 1. The van der Waals surface area contributed by atoms with Crippen LogP contribution in [0.5, 0.6) is 0 Å². The molecular formula is C13H19Cl2FN2O. The van der Waals surface area contributed by atoms with Crippen LogP contribution < -0.4 is 10.6 Å². The highest BCUT2D eigenvalue weighted by molar-refractivity contribution is 6.30. The molecule has 0 aliphatic carbocycles. The molecular weight excluding hydrogens is 290 g/mol. The molecule has 0 radical (unpaired) electrons. The van der Waals surface area contributed by atoms with Gasteiger partial charge >= 0.3 is 0 Å². The molecule has 0 saturated heterocycles. The summed E-state index contributed by atoms with van der Waals surface area (Å²) in [6, 6.07) is 4.68. The van der Waals surface area contributed by atoms with E-state index < -0.39 is 5.82 Å². The summed E-state index contributed by atoms with van der Waals surface area (Å²) in [6.45, 7) is 3.81. The second kappa shape index (κ2) is 10.0. The Balaban J connectivity index is 0.00000324. The first kappa shape index (κ1) is 18.2. The fourth-order valence-corrected chi connectivity index (χ4v) is 1.55. The van der Waals surface area contributed by atoms with Crippen molar-refractivity contribution in [2.24, 2.45) is 0 Å². The van der Waals surface area contributed by atoms with Gasteiger partial charge in [-0.3, -0.25) is 4.79 Å². The number of nitrogens with one attached hydrogen (secondary N) is 2. The summed E-state index contributed by atoms with van der Waals surface area (Å²) in [5.74, 6) is -0.386. The quantitative estimate of drug-likeness (QED) is 0.760. The Labute approximate surface area is 124 Å². The number of hydrogen-bond donors (Lipinski definition) is 2. The van der Waals surface area contributed by atoms with Crippen LogP contribution in [0, 0.1) is 5.82 Å². The van der Waals surface area contributed by atoms with Gasteiger partial charge in [-0.05, 0) is 24.1 Å². The minimum absolute atomic E-state index is 0. The van der Waals surface area contributed by atoms with Gasteiger partial charge in [0.15, 0.2) is 0 Å². The van der Waals surface area contributed by atoms with Crippen LogP contribution >= 0.6 is 24.0 Å². The molecule has 0 heterocycles. The lowest BCUT2D eigenvalue weighted by atomic mass is 10.2. The molecule has 0 spiro atoms. The van der Waals surface area contributed by atoms with Gasteiger partial charge in [0.2, 0.25) is 5.91 Å². The summed E-state index contributed by atoms with van der Waals surface area (Å²) >= 11 is 5.58. The lowest BCUT2D eigenvalue weighted by molar-refractivity contribution is -0.120. The molecule has 0 unspecified atom stereocenters. The maximum atomic E-state index is 13.1. The van der Waals surface area contributed by atoms with E-state index in [-0.39, 0.29) is 23.3 Å². The lowest BCUT2D eigenvalue weighted by Gasteiger charge is -2.06. The first-order valence-electron chi connectivity index (χ1n) is 6.04. The Bertz CT molecular complexity index is 402.